The molecular formula is C13H17N5OS. The van der Waals surface area contributed by atoms with Gasteiger partial charge in [0.05, 0.1) is 12.2 Å². The first-order valence-electron chi connectivity index (χ1n) is 6.73. The normalized spacial score (nSPS) is 17.8. The van der Waals surface area contributed by atoms with E-state index in [-0.39, 0.29) is 11.8 Å². The molecule has 3 rings (SSSR count). The van der Waals surface area contributed by atoms with Gasteiger partial charge < -0.3 is 10.3 Å². The van der Waals surface area contributed by atoms with Crippen LogP contribution in [0.25, 0.3) is 0 Å². The van der Waals surface area contributed by atoms with E-state index in [1.807, 2.05) is 13.8 Å². The molecule has 2 aromatic rings. The molecule has 6 nitrogen and oxygen atoms in total. The number of hydrogen-bond acceptors (Lipinski definition) is 5. The van der Waals surface area contributed by atoms with Crippen LogP contribution >= 0.6 is 11.3 Å². The fourth-order valence-corrected chi connectivity index (χ4v) is 3.21. The van der Waals surface area contributed by atoms with E-state index in [1.165, 1.54) is 11.3 Å². The largest absolute Gasteiger partial charge is 0.349 e. The highest BCUT2D eigenvalue weighted by Crippen LogP contribution is 2.24. The number of aryl methyl sites for hydroxylation is 3. The minimum absolute atomic E-state index is 0.0244. The van der Waals surface area contributed by atoms with E-state index in [4.69, 9.17) is 0 Å². The first kappa shape index (κ1) is 13.2. The van der Waals surface area contributed by atoms with Gasteiger partial charge in [0.1, 0.15) is 15.8 Å². The number of nitrogens with zero attached hydrogens (tertiary/aromatic N) is 3. The van der Waals surface area contributed by atoms with E-state index in [1.54, 1.807) is 0 Å². The lowest BCUT2D eigenvalue weighted by Gasteiger charge is -2.20. The van der Waals surface area contributed by atoms with Crippen LogP contribution in [0.2, 0.25) is 0 Å². The Morgan fingerprint density at radius 1 is 1.45 bits per heavy atom. The van der Waals surface area contributed by atoms with E-state index in [0.717, 1.165) is 46.5 Å². The maximum Gasteiger partial charge on any atom is 0.223 e. The van der Waals surface area contributed by atoms with Gasteiger partial charge in [-0.2, -0.15) is 0 Å². The molecule has 2 aromatic heterocycles. The summed E-state index contributed by atoms with van der Waals surface area (Å²) in [6.45, 7) is 4.33. The zero-order valence-electron chi connectivity index (χ0n) is 11.6. The standard InChI is InChI=1S/C13H17N5OS/c1-7-15-10-4-3-9(5-11(10)16-7)13(19)14-6-12-18-17-8(2)20-12/h9H,3-6H2,1-2H3,(H,14,19)(H,15,16). The van der Waals surface area contributed by atoms with Crippen LogP contribution in [0, 0.1) is 19.8 Å². The van der Waals surface area contributed by atoms with Gasteiger partial charge >= 0.3 is 0 Å². The third-order valence-corrected chi connectivity index (χ3v) is 4.35. The molecule has 7 heteroatoms. The number of fused-ring (bicyclic) bond motifs is 1. The molecular weight excluding hydrogens is 274 g/mol. The van der Waals surface area contributed by atoms with E-state index < -0.39 is 0 Å². The second kappa shape index (κ2) is 5.32. The third kappa shape index (κ3) is 2.72. The summed E-state index contributed by atoms with van der Waals surface area (Å²) < 4.78 is 0. The molecule has 20 heavy (non-hydrogen) atoms. The van der Waals surface area contributed by atoms with Crippen LogP contribution in [-0.2, 0) is 24.2 Å². The molecule has 0 fully saturated rings. The van der Waals surface area contributed by atoms with Gasteiger partial charge in [0, 0.05) is 18.0 Å². The first-order chi connectivity index (χ1) is 9.61. The quantitative estimate of drug-likeness (QED) is 0.893. The second-order valence-electron chi connectivity index (χ2n) is 5.12. The molecule has 1 aliphatic carbocycles. The van der Waals surface area contributed by atoms with Gasteiger partial charge in [0.2, 0.25) is 5.91 Å². The summed E-state index contributed by atoms with van der Waals surface area (Å²) in [4.78, 5) is 19.9. The lowest BCUT2D eigenvalue weighted by atomic mass is 9.89. The van der Waals surface area contributed by atoms with Crippen LogP contribution in [0.3, 0.4) is 0 Å². The Labute approximate surface area is 121 Å². The van der Waals surface area contributed by atoms with Gasteiger partial charge in [-0.05, 0) is 26.7 Å². The number of carbonyl (C=O) groups is 1. The van der Waals surface area contributed by atoms with Crippen molar-refractivity contribution in [2.45, 2.75) is 39.7 Å². The highest BCUT2D eigenvalue weighted by atomic mass is 32.1. The number of hydrogen-bond donors (Lipinski definition) is 2. The van der Waals surface area contributed by atoms with E-state index in [9.17, 15) is 4.79 Å². The van der Waals surface area contributed by atoms with Crippen molar-refractivity contribution in [3.05, 3.63) is 27.2 Å². The van der Waals surface area contributed by atoms with Crippen molar-refractivity contribution in [3.8, 4) is 0 Å². The molecule has 1 aliphatic rings. The fraction of sp³-hybridized carbons (Fsp3) is 0.538. The Balaban J connectivity index is 1.58. The van der Waals surface area contributed by atoms with Crippen LogP contribution in [0.5, 0.6) is 0 Å². The summed E-state index contributed by atoms with van der Waals surface area (Å²) in [5, 5.41) is 12.7. The maximum atomic E-state index is 12.2. The second-order valence-corrected chi connectivity index (χ2v) is 6.39. The van der Waals surface area contributed by atoms with Gasteiger partial charge in [-0.3, -0.25) is 4.79 Å². The Morgan fingerprint density at radius 3 is 3.05 bits per heavy atom. The van der Waals surface area contributed by atoms with Crippen LogP contribution in [0.15, 0.2) is 0 Å². The Morgan fingerprint density at radius 2 is 2.30 bits per heavy atom. The lowest BCUT2D eigenvalue weighted by molar-refractivity contribution is -0.125. The van der Waals surface area contributed by atoms with Gasteiger partial charge in [-0.15, -0.1) is 10.2 Å². The highest BCUT2D eigenvalue weighted by molar-refractivity contribution is 7.11. The molecule has 0 saturated carbocycles. The average molecular weight is 291 g/mol. The monoisotopic (exact) mass is 291 g/mol. The Bertz CT molecular complexity index is 632. The molecule has 0 aromatic carbocycles. The third-order valence-electron chi connectivity index (χ3n) is 3.52. The van der Waals surface area contributed by atoms with Crippen LogP contribution in [0.1, 0.15) is 33.6 Å². The summed E-state index contributed by atoms with van der Waals surface area (Å²) in [5.74, 6) is 1.05. The van der Waals surface area contributed by atoms with Crippen LogP contribution < -0.4 is 5.32 Å². The summed E-state index contributed by atoms with van der Waals surface area (Å²) >= 11 is 1.52. The van der Waals surface area contributed by atoms with Gasteiger partial charge in [-0.25, -0.2) is 4.98 Å². The molecule has 2 heterocycles. The highest BCUT2D eigenvalue weighted by Gasteiger charge is 2.26. The minimum Gasteiger partial charge on any atom is -0.349 e. The summed E-state index contributed by atoms with van der Waals surface area (Å²) in [5.41, 5.74) is 2.23. The number of rotatable bonds is 3. The summed E-state index contributed by atoms with van der Waals surface area (Å²) in [6, 6.07) is 0. The van der Waals surface area contributed by atoms with Crippen LogP contribution in [0.4, 0.5) is 0 Å². The maximum absolute atomic E-state index is 12.2. The van der Waals surface area contributed by atoms with Crippen molar-refractivity contribution >= 4 is 17.2 Å². The van der Waals surface area contributed by atoms with Crippen LogP contribution in [-0.4, -0.2) is 26.1 Å². The molecule has 106 valence electrons. The van der Waals surface area contributed by atoms with E-state index in [0.29, 0.717) is 6.54 Å². The number of imidazole rings is 1. The number of aromatic amines is 1. The number of H-pyrrole nitrogens is 1. The van der Waals surface area contributed by atoms with Crippen molar-refractivity contribution in [2.75, 3.05) is 0 Å². The molecule has 0 aliphatic heterocycles. The topological polar surface area (TPSA) is 83.6 Å². The van der Waals surface area contributed by atoms with E-state index >= 15 is 0 Å². The lowest BCUT2D eigenvalue weighted by Crippen LogP contribution is -2.33. The predicted octanol–water partition coefficient (Wildman–Crippen LogP) is 1.30. The van der Waals surface area contributed by atoms with Crippen molar-refractivity contribution < 1.29 is 4.79 Å². The summed E-state index contributed by atoms with van der Waals surface area (Å²) in [7, 11) is 0. The minimum atomic E-state index is 0.0244. The number of carbonyl (C=O) groups excluding carboxylic acids is 1. The van der Waals surface area contributed by atoms with Crippen molar-refractivity contribution in [1.82, 2.24) is 25.5 Å². The average Bonchev–Trinajstić information content (AvgIpc) is 2.99. The zero-order chi connectivity index (χ0) is 14.1. The Kier molecular flexibility index (Phi) is 3.52. The Hall–Kier alpha value is -1.76. The molecule has 0 bridgehead atoms. The number of amides is 1. The van der Waals surface area contributed by atoms with Gasteiger partial charge in [0.15, 0.2) is 0 Å². The molecule has 2 N–H and O–H groups in total. The van der Waals surface area contributed by atoms with Crippen molar-refractivity contribution in [3.63, 3.8) is 0 Å². The van der Waals surface area contributed by atoms with E-state index in [2.05, 4.69) is 25.5 Å². The molecule has 0 saturated heterocycles. The van der Waals surface area contributed by atoms with Gasteiger partial charge in [0.25, 0.3) is 0 Å². The SMILES string of the molecule is Cc1nc2c([nH]1)CC(C(=O)NCc1nnc(C)s1)CC2. The van der Waals surface area contributed by atoms with Gasteiger partial charge in [-0.1, -0.05) is 11.3 Å². The number of aromatic nitrogens is 4. The first-order valence-corrected chi connectivity index (χ1v) is 7.54. The summed E-state index contributed by atoms with van der Waals surface area (Å²) in [6.07, 6.45) is 2.48. The van der Waals surface area contributed by atoms with Crippen molar-refractivity contribution in [2.24, 2.45) is 5.92 Å². The zero-order valence-corrected chi connectivity index (χ0v) is 12.4. The molecule has 1 amide bonds. The smallest absolute Gasteiger partial charge is 0.223 e. The molecule has 1 unspecified atom stereocenters. The number of nitrogens with one attached hydrogen (secondary N) is 2. The predicted molar refractivity (Wildman–Crippen MR) is 75.3 cm³/mol. The molecule has 1 atom stereocenters. The fourth-order valence-electron chi connectivity index (χ4n) is 2.56. The molecule has 0 radical (unpaired) electrons. The van der Waals surface area contributed by atoms with Crippen molar-refractivity contribution in [1.29, 1.82) is 0 Å². The molecule has 0 spiro atoms.